The van der Waals surface area contributed by atoms with Crippen LogP contribution in [-0.4, -0.2) is 42.3 Å². The highest BCUT2D eigenvalue weighted by Crippen LogP contribution is 2.45. The molecule has 3 fully saturated rings. The summed E-state index contributed by atoms with van der Waals surface area (Å²) >= 11 is 0. The van der Waals surface area contributed by atoms with Crippen LogP contribution in [0.4, 0.5) is 11.4 Å². The Balaban J connectivity index is 1.44. The van der Waals surface area contributed by atoms with Crippen molar-refractivity contribution >= 4 is 29.1 Å². The van der Waals surface area contributed by atoms with Gasteiger partial charge in [-0.3, -0.25) is 19.3 Å². The number of carbonyl (C=O) groups is 3. The fraction of sp³-hybridized carbons (Fsp3) is 0.571. The first-order chi connectivity index (χ1) is 13.1. The fourth-order valence-corrected chi connectivity index (χ4v) is 4.79. The molecule has 2 heterocycles. The fourth-order valence-electron chi connectivity index (χ4n) is 4.79. The molecule has 0 atom stereocenters. The lowest BCUT2D eigenvalue weighted by Crippen LogP contribution is -2.41. The summed E-state index contributed by atoms with van der Waals surface area (Å²) in [5.74, 6) is -0.656. The molecule has 144 valence electrons. The van der Waals surface area contributed by atoms with E-state index in [0.717, 1.165) is 69.4 Å². The number of benzene rings is 1. The van der Waals surface area contributed by atoms with Gasteiger partial charge in [-0.1, -0.05) is 31.4 Å². The lowest BCUT2D eigenvalue weighted by molar-refractivity contribution is -0.144. The summed E-state index contributed by atoms with van der Waals surface area (Å²) < 4.78 is 0. The van der Waals surface area contributed by atoms with Crippen LogP contribution >= 0.6 is 0 Å². The van der Waals surface area contributed by atoms with Gasteiger partial charge in [-0.2, -0.15) is 0 Å². The summed E-state index contributed by atoms with van der Waals surface area (Å²) in [6, 6.07) is 7.73. The van der Waals surface area contributed by atoms with E-state index in [4.69, 9.17) is 0 Å². The van der Waals surface area contributed by atoms with E-state index in [1.807, 2.05) is 24.3 Å². The topological polar surface area (TPSA) is 69.7 Å². The van der Waals surface area contributed by atoms with E-state index in [9.17, 15) is 14.4 Å². The van der Waals surface area contributed by atoms with E-state index in [-0.39, 0.29) is 30.7 Å². The maximum absolute atomic E-state index is 12.9. The van der Waals surface area contributed by atoms with E-state index >= 15 is 0 Å². The van der Waals surface area contributed by atoms with E-state index < -0.39 is 5.41 Å². The summed E-state index contributed by atoms with van der Waals surface area (Å²) in [7, 11) is 0. The average Bonchev–Trinajstić information content (AvgIpc) is 3.27. The van der Waals surface area contributed by atoms with Crippen LogP contribution < -0.4 is 10.2 Å². The number of anilines is 2. The van der Waals surface area contributed by atoms with E-state index in [1.54, 1.807) is 0 Å². The lowest BCUT2D eigenvalue weighted by atomic mass is 9.73. The molecule has 0 aromatic heterocycles. The third-order valence-corrected chi connectivity index (χ3v) is 6.23. The van der Waals surface area contributed by atoms with Crippen molar-refractivity contribution in [3.8, 4) is 0 Å². The molecule has 1 spiro atoms. The third kappa shape index (κ3) is 3.45. The third-order valence-electron chi connectivity index (χ3n) is 6.23. The second kappa shape index (κ2) is 7.33. The maximum Gasteiger partial charge on any atom is 0.244 e. The van der Waals surface area contributed by atoms with Crippen LogP contribution in [0.25, 0.3) is 0 Å². The van der Waals surface area contributed by atoms with Gasteiger partial charge < -0.3 is 10.2 Å². The number of carbonyl (C=O) groups excluding carboxylic acids is 3. The summed E-state index contributed by atoms with van der Waals surface area (Å²) in [5, 5.41) is 2.92. The van der Waals surface area contributed by atoms with Gasteiger partial charge in [0.25, 0.3) is 0 Å². The van der Waals surface area contributed by atoms with Crippen molar-refractivity contribution in [2.24, 2.45) is 5.41 Å². The van der Waals surface area contributed by atoms with Crippen LogP contribution in [0.5, 0.6) is 0 Å². The monoisotopic (exact) mass is 369 g/mol. The van der Waals surface area contributed by atoms with Crippen LogP contribution in [0, 0.1) is 5.41 Å². The first-order valence-electron chi connectivity index (χ1n) is 10.1. The summed E-state index contributed by atoms with van der Waals surface area (Å²) in [6.45, 7) is 1.78. The molecular weight excluding hydrogens is 342 g/mol. The van der Waals surface area contributed by atoms with Crippen molar-refractivity contribution in [3.05, 3.63) is 24.3 Å². The van der Waals surface area contributed by atoms with Crippen LogP contribution in [0.2, 0.25) is 0 Å². The highest BCUT2D eigenvalue weighted by molar-refractivity contribution is 6.09. The average molecular weight is 369 g/mol. The van der Waals surface area contributed by atoms with Crippen LogP contribution in [0.3, 0.4) is 0 Å². The number of hydrogen-bond acceptors (Lipinski definition) is 4. The molecule has 1 N–H and O–H groups in total. The van der Waals surface area contributed by atoms with Gasteiger partial charge in [-0.25, -0.2) is 0 Å². The molecule has 27 heavy (non-hydrogen) atoms. The van der Waals surface area contributed by atoms with Crippen molar-refractivity contribution in [3.63, 3.8) is 0 Å². The molecule has 6 nitrogen and oxygen atoms in total. The molecule has 0 bridgehead atoms. The zero-order chi connectivity index (χ0) is 18.9. The second-order valence-corrected chi connectivity index (χ2v) is 8.06. The molecule has 1 aromatic rings. The van der Waals surface area contributed by atoms with Crippen molar-refractivity contribution < 1.29 is 14.4 Å². The second-order valence-electron chi connectivity index (χ2n) is 8.06. The minimum Gasteiger partial charge on any atom is -0.370 e. The Kier molecular flexibility index (Phi) is 4.89. The number of para-hydroxylation sites is 2. The number of nitrogens with one attached hydrogen (secondary N) is 1. The summed E-state index contributed by atoms with van der Waals surface area (Å²) in [4.78, 5) is 41.4. The highest BCUT2D eigenvalue weighted by Gasteiger charge is 2.51. The van der Waals surface area contributed by atoms with Gasteiger partial charge in [0.05, 0.1) is 16.8 Å². The van der Waals surface area contributed by atoms with Gasteiger partial charge in [0.1, 0.15) is 6.54 Å². The van der Waals surface area contributed by atoms with Gasteiger partial charge in [0.15, 0.2) is 0 Å². The van der Waals surface area contributed by atoms with Crippen LogP contribution in [0.1, 0.15) is 51.4 Å². The smallest absolute Gasteiger partial charge is 0.244 e. The molecule has 1 saturated carbocycles. The Bertz CT molecular complexity index is 749. The van der Waals surface area contributed by atoms with E-state index in [2.05, 4.69) is 10.2 Å². The molecule has 4 rings (SSSR count). The molecule has 2 aliphatic heterocycles. The van der Waals surface area contributed by atoms with Gasteiger partial charge in [-0.05, 0) is 37.8 Å². The van der Waals surface area contributed by atoms with Crippen molar-refractivity contribution in [2.75, 3.05) is 29.9 Å². The van der Waals surface area contributed by atoms with E-state index in [1.165, 1.54) is 4.90 Å². The molecule has 6 heteroatoms. The molecular formula is C21H27N3O3. The largest absolute Gasteiger partial charge is 0.370 e. The zero-order valence-corrected chi connectivity index (χ0v) is 15.7. The van der Waals surface area contributed by atoms with Crippen molar-refractivity contribution in [1.82, 2.24) is 4.90 Å². The number of rotatable bonds is 4. The Hall–Kier alpha value is -2.37. The number of hydrogen-bond donors (Lipinski definition) is 1. The van der Waals surface area contributed by atoms with Crippen molar-refractivity contribution in [1.29, 1.82) is 0 Å². The minimum absolute atomic E-state index is 0.143. The van der Waals surface area contributed by atoms with Crippen LogP contribution in [-0.2, 0) is 14.4 Å². The molecule has 2 saturated heterocycles. The SMILES string of the molecule is O=C(CN1C(=O)CC2(CCCCC2)C1=O)Nc1ccccc1N1CCCC1. The van der Waals surface area contributed by atoms with Gasteiger partial charge in [0, 0.05) is 19.5 Å². The van der Waals surface area contributed by atoms with Gasteiger partial charge >= 0.3 is 0 Å². The number of nitrogens with zero attached hydrogens (tertiary/aromatic N) is 2. The first kappa shape index (κ1) is 18.0. The highest BCUT2D eigenvalue weighted by atomic mass is 16.2. The standard InChI is InChI=1S/C21H27N3O3/c25-18(22-16-8-2-3-9-17(16)23-12-6-7-13-23)15-24-19(26)14-21(20(24)27)10-4-1-5-11-21/h2-3,8-9H,1,4-7,10-15H2,(H,22,25). The van der Waals surface area contributed by atoms with Gasteiger partial charge in [0.2, 0.25) is 17.7 Å². The number of amides is 3. The van der Waals surface area contributed by atoms with Gasteiger partial charge in [-0.15, -0.1) is 0 Å². The molecule has 0 unspecified atom stereocenters. The summed E-state index contributed by atoms with van der Waals surface area (Å²) in [5.41, 5.74) is 1.21. The predicted octanol–water partition coefficient (Wildman–Crippen LogP) is 2.93. The lowest BCUT2D eigenvalue weighted by Gasteiger charge is -2.30. The normalized spacial score (nSPS) is 21.9. The first-order valence-corrected chi connectivity index (χ1v) is 10.1. The Morgan fingerprint density at radius 3 is 2.44 bits per heavy atom. The number of imide groups is 1. The van der Waals surface area contributed by atoms with Crippen molar-refractivity contribution in [2.45, 2.75) is 51.4 Å². The summed E-state index contributed by atoms with van der Waals surface area (Å²) in [6.07, 6.45) is 7.22. The Labute approximate surface area is 159 Å². The Morgan fingerprint density at radius 2 is 1.70 bits per heavy atom. The maximum atomic E-state index is 12.9. The number of likely N-dealkylation sites (tertiary alicyclic amines) is 1. The predicted molar refractivity (Wildman–Crippen MR) is 103 cm³/mol. The molecule has 3 amide bonds. The van der Waals surface area contributed by atoms with Crippen LogP contribution in [0.15, 0.2) is 24.3 Å². The molecule has 0 radical (unpaired) electrons. The van der Waals surface area contributed by atoms with E-state index in [0.29, 0.717) is 0 Å². The quantitative estimate of drug-likeness (QED) is 0.829. The molecule has 1 aromatic carbocycles. The Morgan fingerprint density at radius 1 is 1.00 bits per heavy atom. The molecule has 3 aliphatic rings. The zero-order valence-electron chi connectivity index (χ0n) is 15.7. The minimum atomic E-state index is -0.539. The molecule has 1 aliphatic carbocycles.